The van der Waals surface area contributed by atoms with E-state index in [4.69, 9.17) is 4.74 Å². The van der Waals surface area contributed by atoms with E-state index in [1.54, 1.807) is 18.5 Å². The van der Waals surface area contributed by atoms with E-state index < -0.39 is 6.10 Å². The van der Waals surface area contributed by atoms with Gasteiger partial charge < -0.3 is 15.0 Å². The summed E-state index contributed by atoms with van der Waals surface area (Å²) in [5, 5.41) is 2.87. The fourth-order valence-electron chi connectivity index (χ4n) is 4.20. The van der Waals surface area contributed by atoms with Crippen LogP contribution >= 0.6 is 0 Å². The Morgan fingerprint density at radius 1 is 1.14 bits per heavy atom. The summed E-state index contributed by atoms with van der Waals surface area (Å²) in [7, 11) is 0. The first-order chi connectivity index (χ1) is 14.0. The Hall–Kier alpha value is -2.73. The summed E-state index contributed by atoms with van der Waals surface area (Å²) < 4.78 is 6.22. The lowest BCUT2D eigenvalue weighted by molar-refractivity contribution is -0.135. The molecule has 2 amide bonds. The number of carbonyl (C=O) groups excluding carboxylic acids is 2. The average molecular weight is 393 g/mol. The second-order valence-electron chi connectivity index (χ2n) is 8.15. The highest BCUT2D eigenvalue weighted by Crippen LogP contribution is 2.39. The SMILES string of the molecule is Cc1ccc(C(=O)N2CCC3(CCC(C(=O)Nc4cccnc4)O3)CC2)cc1C. The summed E-state index contributed by atoms with van der Waals surface area (Å²) in [6.45, 7) is 5.39. The number of nitrogens with one attached hydrogen (secondary N) is 1. The van der Waals surface area contributed by atoms with E-state index in [1.807, 2.05) is 43.0 Å². The van der Waals surface area contributed by atoms with E-state index in [-0.39, 0.29) is 17.4 Å². The number of benzene rings is 1. The van der Waals surface area contributed by atoms with E-state index in [2.05, 4.69) is 10.3 Å². The molecule has 2 fully saturated rings. The number of ether oxygens (including phenoxy) is 1. The molecule has 0 aliphatic carbocycles. The number of likely N-dealkylation sites (tertiary alicyclic amines) is 1. The van der Waals surface area contributed by atoms with Crippen LogP contribution in [-0.4, -0.2) is 46.5 Å². The standard InChI is InChI=1S/C23H27N3O3/c1-16-5-6-18(14-17(16)2)22(28)26-12-9-23(10-13-26)8-7-20(29-23)21(27)25-19-4-3-11-24-15-19/h3-6,11,14-15,20H,7-10,12-13H2,1-2H3,(H,25,27). The highest BCUT2D eigenvalue weighted by Gasteiger charge is 2.45. The zero-order valence-corrected chi connectivity index (χ0v) is 17.0. The number of piperidine rings is 1. The molecule has 2 aliphatic rings. The topological polar surface area (TPSA) is 71.5 Å². The van der Waals surface area contributed by atoms with Gasteiger partial charge in [-0.15, -0.1) is 0 Å². The molecule has 0 saturated carbocycles. The minimum absolute atomic E-state index is 0.0758. The first-order valence-corrected chi connectivity index (χ1v) is 10.2. The van der Waals surface area contributed by atoms with Crippen molar-refractivity contribution in [2.24, 2.45) is 0 Å². The van der Waals surface area contributed by atoms with Crippen molar-refractivity contribution in [1.29, 1.82) is 0 Å². The minimum Gasteiger partial charge on any atom is -0.362 e. The first kappa shape index (κ1) is 19.6. The predicted molar refractivity (Wildman–Crippen MR) is 111 cm³/mol. The van der Waals surface area contributed by atoms with Crippen LogP contribution in [0.25, 0.3) is 0 Å². The number of anilines is 1. The molecule has 2 aliphatic heterocycles. The lowest BCUT2D eigenvalue weighted by Gasteiger charge is -2.39. The van der Waals surface area contributed by atoms with Crippen LogP contribution in [0.4, 0.5) is 5.69 Å². The number of carbonyl (C=O) groups is 2. The van der Waals surface area contributed by atoms with Crippen molar-refractivity contribution >= 4 is 17.5 Å². The van der Waals surface area contributed by atoms with Gasteiger partial charge in [0.2, 0.25) is 0 Å². The number of aromatic nitrogens is 1. The second-order valence-corrected chi connectivity index (χ2v) is 8.15. The van der Waals surface area contributed by atoms with Crippen LogP contribution in [-0.2, 0) is 9.53 Å². The molecule has 1 N–H and O–H groups in total. The largest absolute Gasteiger partial charge is 0.362 e. The molecule has 1 aromatic carbocycles. The molecule has 2 aromatic rings. The van der Waals surface area contributed by atoms with Crippen LogP contribution < -0.4 is 5.32 Å². The van der Waals surface area contributed by atoms with Crippen molar-refractivity contribution in [3.8, 4) is 0 Å². The van der Waals surface area contributed by atoms with Gasteiger partial charge in [0.1, 0.15) is 6.10 Å². The molecule has 1 spiro atoms. The van der Waals surface area contributed by atoms with Crippen molar-refractivity contribution < 1.29 is 14.3 Å². The van der Waals surface area contributed by atoms with Gasteiger partial charge in [0.15, 0.2) is 0 Å². The van der Waals surface area contributed by atoms with Crippen molar-refractivity contribution in [3.05, 3.63) is 59.4 Å². The Balaban J connectivity index is 1.33. The predicted octanol–water partition coefficient (Wildman–Crippen LogP) is 3.49. The third-order valence-electron chi connectivity index (χ3n) is 6.19. The summed E-state index contributed by atoms with van der Waals surface area (Å²) in [6, 6.07) is 9.47. The van der Waals surface area contributed by atoms with Crippen molar-refractivity contribution in [2.45, 2.75) is 51.2 Å². The van der Waals surface area contributed by atoms with Gasteiger partial charge in [-0.2, -0.15) is 0 Å². The lowest BCUT2D eigenvalue weighted by Crippen LogP contribution is -2.47. The third-order valence-corrected chi connectivity index (χ3v) is 6.19. The van der Waals surface area contributed by atoms with E-state index in [9.17, 15) is 9.59 Å². The Morgan fingerprint density at radius 3 is 2.62 bits per heavy atom. The maximum atomic E-state index is 12.9. The Kier molecular flexibility index (Phi) is 5.37. The van der Waals surface area contributed by atoms with Gasteiger partial charge in [-0.25, -0.2) is 0 Å². The molecule has 0 bridgehead atoms. The number of hydrogen-bond donors (Lipinski definition) is 1. The average Bonchev–Trinajstić information content (AvgIpc) is 3.15. The number of amides is 2. The summed E-state index contributed by atoms with van der Waals surface area (Å²) in [4.78, 5) is 31.3. The van der Waals surface area contributed by atoms with Crippen LogP contribution in [0.5, 0.6) is 0 Å². The van der Waals surface area contributed by atoms with Gasteiger partial charge >= 0.3 is 0 Å². The smallest absolute Gasteiger partial charge is 0.253 e. The fraction of sp³-hybridized carbons (Fsp3) is 0.435. The molecule has 6 heteroatoms. The first-order valence-electron chi connectivity index (χ1n) is 10.2. The minimum atomic E-state index is -0.447. The molecule has 2 saturated heterocycles. The van der Waals surface area contributed by atoms with Crippen LogP contribution in [0.15, 0.2) is 42.7 Å². The molecule has 4 rings (SSSR count). The maximum absolute atomic E-state index is 12.9. The summed E-state index contributed by atoms with van der Waals surface area (Å²) >= 11 is 0. The molecule has 29 heavy (non-hydrogen) atoms. The van der Waals surface area contributed by atoms with Crippen LogP contribution in [0, 0.1) is 13.8 Å². The fourth-order valence-corrected chi connectivity index (χ4v) is 4.20. The van der Waals surface area contributed by atoms with Gasteiger partial charge in [-0.05, 0) is 74.9 Å². The summed E-state index contributed by atoms with van der Waals surface area (Å²) in [5.41, 5.74) is 3.44. The highest BCUT2D eigenvalue weighted by molar-refractivity contribution is 5.95. The van der Waals surface area contributed by atoms with Crippen LogP contribution in [0.3, 0.4) is 0 Å². The molecule has 0 radical (unpaired) electrons. The molecule has 1 aromatic heterocycles. The summed E-state index contributed by atoms with van der Waals surface area (Å²) in [6.07, 6.45) is 5.93. The van der Waals surface area contributed by atoms with Crippen molar-refractivity contribution in [2.75, 3.05) is 18.4 Å². The zero-order valence-electron chi connectivity index (χ0n) is 17.0. The van der Waals surface area contributed by atoms with Gasteiger partial charge in [-0.3, -0.25) is 14.6 Å². The molecule has 3 heterocycles. The molecule has 152 valence electrons. The molecule has 1 atom stereocenters. The monoisotopic (exact) mass is 393 g/mol. The van der Waals surface area contributed by atoms with Crippen molar-refractivity contribution in [1.82, 2.24) is 9.88 Å². The Labute approximate surface area is 171 Å². The molecule has 6 nitrogen and oxygen atoms in total. The van der Waals surface area contributed by atoms with E-state index in [1.165, 1.54) is 5.56 Å². The normalized spacial score (nSPS) is 20.6. The second kappa shape index (κ2) is 7.95. The van der Waals surface area contributed by atoms with Gasteiger partial charge in [0.05, 0.1) is 17.5 Å². The van der Waals surface area contributed by atoms with Gasteiger partial charge in [0, 0.05) is 24.8 Å². The quantitative estimate of drug-likeness (QED) is 0.867. The Bertz CT molecular complexity index is 905. The Morgan fingerprint density at radius 2 is 1.93 bits per heavy atom. The van der Waals surface area contributed by atoms with Crippen LogP contribution in [0.2, 0.25) is 0 Å². The lowest BCUT2D eigenvalue weighted by atomic mass is 9.88. The maximum Gasteiger partial charge on any atom is 0.253 e. The number of hydrogen-bond acceptors (Lipinski definition) is 4. The molecule has 1 unspecified atom stereocenters. The highest BCUT2D eigenvalue weighted by atomic mass is 16.5. The van der Waals surface area contributed by atoms with E-state index in [0.717, 1.165) is 30.4 Å². The van der Waals surface area contributed by atoms with Crippen LogP contribution in [0.1, 0.15) is 47.2 Å². The van der Waals surface area contributed by atoms with Gasteiger partial charge in [-0.1, -0.05) is 6.07 Å². The third kappa shape index (κ3) is 4.17. The van der Waals surface area contributed by atoms with Crippen molar-refractivity contribution in [3.63, 3.8) is 0 Å². The number of rotatable bonds is 3. The van der Waals surface area contributed by atoms with Gasteiger partial charge in [0.25, 0.3) is 11.8 Å². The molecular weight excluding hydrogens is 366 g/mol. The zero-order chi connectivity index (χ0) is 20.4. The number of pyridine rings is 1. The molecular formula is C23H27N3O3. The van der Waals surface area contributed by atoms with E-state index in [0.29, 0.717) is 25.2 Å². The summed E-state index contributed by atoms with van der Waals surface area (Å²) in [5.74, 6) is -0.0460. The number of nitrogens with zero attached hydrogens (tertiary/aromatic N) is 2. The van der Waals surface area contributed by atoms with E-state index >= 15 is 0 Å². The number of aryl methyl sites for hydroxylation is 2.